The predicted molar refractivity (Wildman–Crippen MR) is 56.9 cm³/mol. The number of hydrogen-bond acceptors (Lipinski definition) is 5. The molecule has 90 valence electrons. The van der Waals surface area contributed by atoms with Crippen LogP contribution in [0.2, 0.25) is 0 Å². The Morgan fingerprint density at radius 3 is 2.62 bits per heavy atom. The summed E-state index contributed by atoms with van der Waals surface area (Å²) >= 11 is 0. The maximum absolute atomic E-state index is 11.4. The van der Waals surface area contributed by atoms with E-state index in [2.05, 4.69) is 5.10 Å². The second-order valence-corrected chi connectivity index (χ2v) is 5.32. The van der Waals surface area contributed by atoms with Crippen molar-refractivity contribution in [1.82, 2.24) is 9.78 Å². The van der Waals surface area contributed by atoms with Gasteiger partial charge in [0, 0.05) is 17.2 Å². The molecule has 0 unspecified atom stereocenters. The molecule has 1 aromatic rings. The van der Waals surface area contributed by atoms with Crippen molar-refractivity contribution in [3.05, 3.63) is 11.8 Å². The Bertz CT molecular complexity index is 494. The van der Waals surface area contributed by atoms with Gasteiger partial charge in [-0.05, 0) is 13.8 Å². The van der Waals surface area contributed by atoms with Crippen molar-refractivity contribution < 1.29 is 17.9 Å². The number of halogens is 1. The molecule has 0 aliphatic rings. The van der Waals surface area contributed by atoms with Crippen LogP contribution in [0.15, 0.2) is 11.2 Å². The topological polar surface area (TPSA) is 78.3 Å². The lowest BCUT2D eigenvalue weighted by Gasteiger charge is -2.03. The van der Waals surface area contributed by atoms with E-state index < -0.39 is 15.0 Å². The summed E-state index contributed by atoms with van der Waals surface area (Å²) in [6, 6.07) is 0. The summed E-state index contributed by atoms with van der Waals surface area (Å²) in [4.78, 5) is 11.4. The Morgan fingerprint density at radius 2 is 2.19 bits per heavy atom. The van der Waals surface area contributed by atoms with E-state index >= 15 is 0 Å². The lowest BCUT2D eigenvalue weighted by atomic mass is 10.4. The Balaban J connectivity index is 3.31. The second-order valence-electron chi connectivity index (χ2n) is 2.84. The van der Waals surface area contributed by atoms with E-state index in [1.165, 1.54) is 0 Å². The molecule has 6 nitrogen and oxygen atoms in total. The van der Waals surface area contributed by atoms with Gasteiger partial charge >= 0.3 is 5.97 Å². The number of carbonyl (C=O) groups excluding carboxylic acids is 1. The highest BCUT2D eigenvalue weighted by atomic mass is 35.7. The molecule has 0 saturated carbocycles. The number of rotatable bonds is 4. The average Bonchev–Trinajstić information content (AvgIpc) is 2.60. The van der Waals surface area contributed by atoms with Crippen molar-refractivity contribution in [2.24, 2.45) is 0 Å². The molecule has 0 atom stereocenters. The Morgan fingerprint density at radius 1 is 1.56 bits per heavy atom. The number of aryl methyl sites for hydroxylation is 1. The van der Waals surface area contributed by atoms with Gasteiger partial charge in [-0.2, -0.15) is 5.10 Å². The first-order valence-corrected chi connectivity index (χ1v) is 6.90. The van der Waals surface area contributed by atoms with Crippen molar-refractivity contribution in [2.75, 3.05) is 6.61 Å². The van der Waals surface area contributed by atoms with E-state index in [1.54, 1.807) is 13.8 Å². The van der Waals surface area contributed by atoms with Crippen LogP contribution in [-0.4, -0.2) is 30.8 Å². The quantitative estimate of drug-likeness (QED) is 0.600. The summed E-state index contributed by atoms with van der Waals surface area (Å²) in [5, 5.41) is 3.43. The average molecular weight is 267 g/mol. The van der Waals surface area contributed by atoms with Gasteiger partial charge in [-0.15, -0.1) is 0 Å². The molecule has 1 rings (SSSR count). The van der Waals surface area contributed by atoms with E-state index in [1.807, 2.05) is 0 Å². The first-order chi connectivity index (χ1) is 7.41. The van der Waals surface area contributed by atoms with Crippen LogP contribution < -0.4 is 0 Å². The van der Waals surface area contributed by atoms with E-state index in [9.17, 15) is 13.2 Å². The van der Waals surface area contributed by atoms with Crippen LogP contribution in [0, 0.1) is 0 Å². The number of nitrogens with zero attached hydrogens (tertiary/aromatic N) is 2. The summed E-state index contributed by atoms with van der Waals surface area (Å²) < 4.78 is 28.4. The highest BCUT2D eigenvalue weighted by molar-refractivity contribution is 8.13. The number of ether oxygens (including phenoxy) is 1. The minimum absolute atomic E-state index is 0.140. The normalized spacial score (nSPS) is 11.4. The van der Waals surface area contributed by atoms with E-state index in [-0.39, 0.29) is 17.2 Å². The van der Waals surface area contributed by atoms with Crippen LogP contribution in [-0.2, 0) is 20.3 Å². The molecular weight excluding hydrogens is 256 g/mol. The molecule has 0 saturated heterocycles. The third-order valence-corrected chi connectivity index (χ3v) is 3.15. The minimum atomic E-state index is -4.02. The van der Waals surface area contributed by atoms with Gasteiger partial charge in [0.1, 0.15) is 5.56 Å². The van der Waals surface area contributed by atoms with Crippen molar-refractivity contribution in [3.8, 4) is 0 Å². The molecule has 0 radical (unpaired) electrons. The first-order valence-electron chi connectivity index (χ1n) is 4.59. The van der Waals surface area contributed by atoms with Gasteiger partial charge in [-0.1, -0.05) is 0 Å². The van der Waals surface area contributed by atoms with Gasteiger partial charge in [0.2, 0.25) is 0 Å². The molecule has 1 heterocycles. The van der Waals surface area contributed by atoms with E-state index in [0.717, 1.165) is 10.9 Å². The van der Waals surface area contributed by atoms with Gasteiger partial charge in [0.05, 0.1) is 12.8 Å². The maximum atomic E-state index is 11.4. The monoisotopic (exact) mass is 266 g/mol. The standard InChI is InChI=1S/C8H11ClN2O4S/c1-3-11-7(16(9,13)14)6(5-10-11)8(12)15-4-2/h5H,3-4H2,1-2H3. The zero-order chi connectivity index (χ0) is 12.3. The summed E-state index contributed by atoms with van der Waals surface area (Å²) in [5.74, 6) is -0.749. The summed E-state index contributed by atoms with van der Waals surface area (Å²) in [6.45, 7) is 3.75. The maximum Gasteiger partial charge on any atom is 0.342 e. The first kappa shape index (κ1) is 13.0. The minimum Gasteiger partial charge on any atom is -0.462 e. The van der Waals surface area contributed by atoms with Crippen molar-refractivity contribution in [2.45, 2.75) is 25.4 Å². The van der Waals surface area contributed by atoms with Gasteiger partial charge in [0.25, 0.3) is 9.05 Å². The van der Waals surface area contributed by atoms with E-state index in [4.69, 9.17) is 15.4 Å². The fourth-order valence-corrected chi connectivity index (χ4v) is 2.52. The fourth-order valence-electron chi connectivity index (χ4n) is 1.21. The summed E-state index contributed by atoms with van der Waals surface area (Å²) in [5.41, 5.74) is -0.140. The third kappa shape index (κ3) is 2.53. The number of carbonyl (C=O) groups is 1. The van der Waals surface area contributed by atoms with Crippen LogP contribution in [0.5, 0.6) is 0 Å². The molecule has 16 heavy (non-hydrogen) atoms. The number of esters is 1. The lowest BCUT2D eigenvalue weighted by Crippen LogP contribution is -2.11. The SMILES string of the molecule is CCOC(=O)c1cnn(CC)c1S(=O)(=O)Cl. The van der Waals surface area contributed by atoms with Gasteiger partial charge in [-0.25, -0.2) is 13.2 Å². The molecule has 0 aliphatic heterocycles. The van der Waals surface area contributed by atoms with Gasteiger partial charge in [0.15, 0.2) is 5.03 Å². The predicted octanol–water partition coefficient (Wildman–Crippen LogP) is 1.01. The van der Waals surface area contributed by atoms with E-state index in [0.29, 0.717) is 6.54 Å². The highest BCUT2D eigenvalue weighted by Gasteiger charge is 2.27. The summed E-state index contributed by atoms with van der Waals surface area (Å²) in [7, 11) is 1.21. The molecule has 0 spiro atoms. The Hall–Kier alpha value is -1.08. The van der Waals surface area contributed by atoms with Crippen molar-refractivity contribution in [3.63, 3.8) is 0 Å². The van der Waals surface area contributed by atoms with Crippen LogP contribution >= 0.6 is 10.7 Å². The van der Waals surface area contributed by atoms with Gasteiger partial charge in [-0.3, -0.25) is 4.68 Å². The highest BCUT2D eigenvalue weighted by Crippen LogP contribution is 2.20. The third-order valence-electron chi connectivity index (χ3n) is 1.82. The fraction of sp³-hybridized carbons (Fsp3) is 0.500. The smallest absolute Gasteiger partial charge is 0.342 e. The van der Waals surface area contributed by atoms with Gasteiger partial charge < -0.3 is 4.74 Å². The van der Waals surface area contributed by atoms with Crippen LogP contribution in [0.3, 0.4) is 0 Å². The molecule has 0 bridgehead atoms. The Kier molecular flexibility index (Phi) is 3.93. The Labute approximate surface area is 97.6 Å². The zero-order valence-electron chi connectivity index (χ0n) is 8.81. The molecule has 0 aromatic carbocycles. The largest absolute Gasteiger partial charge is 0.462 e. The molecule has 1 aromatic heterocycles. The number of hydrogen-bond donors (Lipinski definition) is 0. The van der Waals surface area contributed by atoms with Crippen molar-refractivity contribution >= 4 is 25.7 Å². The zero-order valence-corrected chi connectivity index (χ0v) is 10.4. The molecule has 0 aliphatic carbocycles. The van der Waals surface area contributed by atoms with Crippen LogP contribution in [0.25, 0.3) is 0 Å². The number of aromatic nitrogens is 2. The molecule has 0 N–H and O–H groups in total. The second kappa shape index (κ2) is 4.84. The lowest BCUT2D eigenvalue weighted by molar-refractivity contribution is 0.0521. The molecule has 0 fully saturated rings. The summed E-state index contributed by atoms with van der Waals surface area (Å²) in [6.07, 6.45) is 1.14. The molecule has 0 amide bonds. The van der Waals surface area contributed by atoms with Crippen molar-refractivity contribution in [1.29, 1.82) is 0 Å². The van der Waals surface area contributed by atoms with Crippen LogP contribution in [0.1, 0.15) is 24.2 Å². The molecule has 8 heteroatoms. The van der Waals surface area contributed by atoms with Crippen LogP contribution in [0.4, 0.5) is 0 Å². The molecular formula is C8H11ClN2O4S.